The number of nitrogens with zero attached hydrogens (tertiary/aromatic N) is 2. The second kappa shape index (κ2) is 8.89. The van der Waals surface area contributed by atoms with Crippen LogP contribution in [0, 0.1) is 13.8 Å². The lowest BCUT2D eigenvalue weighted by Gasteiger charge is -2.11. The minimum absolute atomic E-state index is 0.133. The van der Waals surface area contributed by atoms with Gasteiger partial charge in [0.1, 0.15) is 5.69 Å². The molecular formula is C18H20N4O2S. The third-order valence-corrected chi connectivity index (χ3v) is 3.40. The smallest absolute Gasteiger partial charge is 0.413 e. The lowest BCUT2D eigenvalue weighted by molar-refractivity contribution is 0.158. The molecule has 2 aromatic carbocycles. The van der Waals surface area contributed by atoms with Gasteiger partial charge in [0.2, 0.25) is 0 Å². The zero-order valence-electron chi connectivity index (χ0n) is 14.4. The predicted octanol–water partition coefficient (Wildman–Crippen LogP) is 5.16. The SMILES string of the molecule is CCOC(=O)NC(=S)Nc1ccc(C)cc1N=Nc1ccc(C)cc1. The lowest BCUT2D eigenvalue weighted by atomic mass is 10.2. The van der Waals surface area contributed by atoms with Crippen molar-refractivity contribution in [2.45, 2.75) is 20.8 Å². The van der Waals surface area contributed by atoms with E-state index in [2.05, 4.69) is 20.9 Å². The number of ether oxygens (including phenoxy) is 1. The van der Waals surface area contributed by atoms with Crippen molar-refractivity contribution >= 4 is 40.5 Å². The molecule has 0 atom stereocenters. The van der Waals surface area contributed by atoms with Gasteiger partial charge in [0, 0.05) is 0 Å². The topological polar surface area (TPSA) is 75.1 Å². The van der Waals surface area contributed by atoms with Gasteiger partial charge in [-0.05, 0) is 62.8 Å². The van der Waals surface area contributed by atoms with Crippen molar-refractivity contribution in [2.75, 3.05) is 11.9 Å². The number of amides is 1. The predicted molar refractivity (Wildman–Crippen MR) is 103 cm³/mol. The Kier molecular flexibility index (Phi) is 6.59. The molecule has 0 bridgehead atoms. The summed E-state index contributed by atoms with van der Waals surface area (Å²) in [4.78, 5) is 11.4. The molecule has 0 saturated carbocycles. The average Bonchev–Trinajstić information content (AvgIpc) is 2.56. The highest BCUT2D eigenvalue weighted by Gasteiger charge is 2.08. The van der Waals surface area contributed by atoms with Gasteiger partial charge in [0.25, 0.3) is 0 Å². The number of aryl methyl sites for hydroxylation is 2. The third-order valence-electron chi connectivity index (χ3n) is 3.20. The van der Waals surface area contributed by atoms with Crippen molar-refractivity contribution < 1.29 is 9.53 Å². The molecule has 25 heavy (non-hydrogen) atoms. The van der Waals surface area contributed by atoms with Gasteiger partial charge < -0.3 is 10.1 Å². The van der Waals surface area contributed by atoms with Crippen LogP contribution in [-0.2, 0) is 4.74 Å². The van der Waals surface area contributed by atoms with Gasteiger partial charge in [-0.15, -0.1) is 5.11 Å². The fourth-order valence-corrected chi connectivity index (χ4v) is 2.16. The van der Waals surface area contributed by atoms with Crippen LogP contribution in [-0.4, -0.2) is 17.8 Å². The Balaban J connectivity index is 2.15. The van der Waals surface area contributed by atoms with Crippen molar-refractivity contribution in [1.29, 1.82) is 0 Å². The maximum Gasteiger partial charge on any atom is 0.413 e. The normalized spacial score (nSPS) is 10.5. The van der Waals surface area contributed by atoms with Crippen molar-refractivity contribution in [3.05, 3.63) is 53.6 Å². The molecule has 0 spiro atoms. The molecule has 0 unspecified atom stereocenters. The minimum Gasteiger partial charge on any atom is -0.450 e. The van der Waals surface area contributed by atoms with Crippen LogP contribution in [0.4, 0.5) is 21.9 Å². The Bertz CT molecular complexity index is 788. The molecule has 2 aromatic rings. The summed E-state index contributed by atoms with van der Waals surface area (Å²) in [6.45, 7) is 5.97. The van der Waals surface area contributed by atoms with Gasteiger partial charge in [0.15, 0.2) is 5.11 Å². The molecule has 0 aliphatic rings. The summed E-state index contributed by atoms with van der Waals surface area (Å²) in [5.41, 5.74) is 4.21. The molecule has 0 saturated heterocycles. The number of hydrogen-bond acceptors (Lipinski definition) is 5. The summed E-state index contributed by atoms with van der Waals surface area (Å²) in [6, 6.07) is 13.4. The van der Waals surface area contributed by atoms with Crippen molar-refractivity contribution in [3.63, 3.8) is 0 Å². The van der Waals surface area contributed by atoms with E-state index < -0.39 is 6.09 Å². The number of anilines is 1. The summed E-state index contributed by atoms with van der Waals surface area (Å²) >= 11 is 5.12. The minimum atomic E-state index is -0.602. The summed E-state index contributed by atoms with van der Waals surface area (Å²) in [6.07, 6.45) is -0.602. The van der Waals surface area contributed by atoms with Crippen LogP contribution in [0.25, 0.3) is 0 Å². The molecule has 2 N–H and O–H groups in total. The van der Waals surface area contributed by atoms with Crippen LogP contribution in [0.1, 0.15) is 18.1 Å². The first-order valence-corrected chi connectivity index (χ1v) is 8.22. The lowest BCUT2D eigenvalue weighted by Crippen LogP contribution is -2.34. The molecule has 2 rings (SSSR count). The summed E-state index contributed by atoms with van der Waals surface area (Å²) in [5, 5.41) is 14.1. The zero-order chi connectivity index (χ0) is 18.2. The molecule has 0 fully saturated rings. The first-order chi connectivity index (χ1) is 12.0. The Labute approximate surface area is 152 Å². The molecule has 0 aliphatic carbocycles. The Morgan fingerprint density at radius 2 is 1.76 bits per heavy atom. The third kappa shape index (κ3) is 5.96. The highest BCUT2D eigenvalue weighted by Crippen LogP contribution is 2.28. The van der Waals surface area contributed by atoms with E-state index in [1.54, 1.807) is 6.92 Å². The van der Waals surface area contributed by atoms with E-state index in [9.17, 15) is 4.79 Å². The van der Waals surface area contributed by atoms with Crippen LogP contribution in [0.3, 0.4) is 0 Å². The summed E-state index contributed by atoms with van der Waals surface area (Å²) in [7, 11) is 0. The number of hydrogen-bond donors (Lipinski definition) is 2. The number of carbonyl (C=O) groups is 1. The molecule has 1 amide bonds. The van der Waals surface area contributed by atoms with E-state index in [1.807, 2.05) is 56.3 Å². The van der Waals surface area contributed by atoms with E-state index in [4.69, 9.17) is 17.0 Å². The molecule has 130 valence electrons. The molecule has 0 aliphatic heterocycles. The largest absolute Gasteiger partial charge is 0.450 e. The summed E-state index contributed by atoms with van der Waals surface area (Å²) < 4.78 is 4.80. The fraction of sp³-hybridized carbons (Fsp3) is 0.222. The average molecular weight is 356 g/mol. The van der Waals surface area contributed by atoms with E-state index in [0.717, 1.165) is 16.8 Å². The second-order valence-electron chi connectivity index (χ2n) is 5.36. The van der Waals surface area contributed by atoms with Gasteiger partial charge in [-0.1, -0.05) is 23.8 Å². The number of azo groups is 1. The quantitative estimate of drug-likeness (QED) is 0.586. The number of nitrogens with one attached hydrogen (secondary N) is 2. The standard InChI is InChI=1S/C18H20N4O2S/c1-4-24-18(23)20-17(25)19-15-10-7-13(3)11-16(15)22-21-14-8-5-12(2)6-9-14/h5-11H,4H2,1-3H3,(H2,19,20,23,25). The molecule has 0 heterocycles. The highest BCUT2D eigenvalue weighted by molar-refractivity contribution is 7.80. The first kappa shape index (κ1) is 18.5. The molecule has 0 radical (unpaired) electrons. The van der Waals surface area contributed by atoms with Crippen LogP contribution in [0.2, 0.25) is 0 Å². The first-order valence-electron chi connectivity index (χ1n) is 7.81. The maximum atomic E-state index is 11.4. The monoisotopic (exact) mass is 356 g/mol. The van der Waals surface area contributed by atoms with E-state index in [1.165, 1.54) is 0 Å². The number of carbonyl (C=O) groups excluding carboxylic acids is 1. The Morgan fingerprint density at radius 1 is 1.08 bits per heavy atom. The van der Waals surface area contributed by atoms with Gasteiger partial charge in [-0.3, -0.25) is 5.32 Å². The summed E-state index contributed by atoms with van der Waals surface area (Å²) in [5.74, 6) is 0. The molecule has 6 nitrogen and oxygen atoms in total. The van der Waals surface area contributed by atoms with Gasteiger partial charge in [0.05, 0.1) is 18.0 Å². The van der Waals surface area contributed by atoms with Crippen molar-refractivity contribution in [2.24, 2.45) is 10.2 Å². The van der Waals surface area contributed by atoms with E-state index >= 15 is 0 Å². The molecule has 7 heteroatoms. The second-order valence-corrected chi connectivity index (χ2v) is 5.76. The van der Waals surface area contributed by atoms with Gasteiger partial charge in [-0.2, -0.15) is 5.11 Å². The maximum absolute atomic E-state index is 11.4. The highest BCUT2D eigenvalue weighted by atomic mass is 32.1. The van der Waals surface area contributed by atoms with Gasteiger partial charge in [-0.25, -0.2) is 4.79 Å². The van der Waals surface area contributed by atoms with Crippen LogP contribution in [0.15, 0.2) is 52.7 Å². The number of thiocarbonyl (C=S) groups is 1. The van der Waals surface area contributed by atoms with Crippen molar-refractivity contribution in [1.82, 2.24) is 5.32 Å². The number of alkyl carbamates (subject to hydrolysis) is 1. The van der Waals surface area contributed by atoms with Crippen molar-refractivity contribution in [3.8, 4) is 0 Å². The Morgan fingerprint density at radius 3 is 2.44 bits per heavy atom. The molecule has 0 aromatic heterocycles. The van der Waals surface area contributed by atoms with Crippen LogP contribution < -0.4 is 10.6 Å². The van der Waals surface area contributed by atoms with Crippen LogP contribution >= 0.6 is 12.2 Å². The number of rotatable bonds is 4. The van der Waals surface area contributed by atoms with E-state index in [-0.39, 0.29) is 11.7 Å². The number of benzene rings is 2. The Hall–Kier alpha value is -2.80. The van der Waals surface area contributed by atoms with E-state index in [0.29, 0.717) is 11.4 Å². The zero-order valence-corrected chi connectivity index (χ0v) is 15.2. The van der Waals surface area contributed by atoms with Crippen LogP contribution in [0.5, 0.6) is 0 Å². The van der Waals surface area contributed by atoms with Gasteiger partial charge >= 0.3 is 6.09 Å². The fourth-order valence-electron chi connectivity index (χ4n) is 1.97. The molecular weight excluding hydrogens is 336 g/mol.